The van der Waals surface area contributed by atoms with Crippen molar-refractivity contribution in [3.63, 3.8) is 0 Å². The molecule has 1 atom stereocenters. The van der Waals surface area contributed by atoms with Gasteiger partial charge in [-0.2, -0.15) is 5.10 Å². The number of hydrogen-bond acceptors (Lipinski definition) is 6. The van der Waals surface area contributed by atoms with Gasteiger partial charge in [-0.25, -0.2) is 5.01 Å². The molecule has 164 valence electrons. The van der Waals surface area contributed by atoms with Crippen LogP contribution in [0.4, 0.5) is 5.69 Å². The van der Waals surface area contributed by atoms with Gasteiger partial charge in [0.1, 0.15) is 4.32 Å². The maximum atomic E-state index is 13.2. The number of likely N-dealkylation sites (tertiary alicyclic amines) is 1. The van der Waals surface area contributed by atoms with Gasteiger partial charge in [0.25, 0.3) is 5.91 Å². The summed E-state index contributed by atoms with van der Waals surface area (Å²) >= 11 is 8.74. The lowest BCUT2D eigenvalue weighted by atomic mass is 10.0. The second-order valence-electron chi connectivity index (χ2n) is 8.07. The summed E-state index contributed by atoms with van der Waals surface area (Å²) in [6.45, 7) is 2.01. The molecule has 3 heterocycles. The number of thioether (sulfide) groups is 1. The molecule has 5 nitrogen and oxygen atoms in total. The lowest BCUT2D eigenvalue weighted by Crippen LogP contribution is -2.34. The average Bonchev–Trinajstić information content (AvgIpc) is 3.48. The number of hydrazone groups is 1. The van der Waals surface area contributed by atoms with Gasteiger partial charge in [0.05, 0.1) is 22.4 Å². The normalized spacial score (nSPS) is 18.8. The lowest BCUT2D eigenvalue weighted by Gasteiger charge is -2.29. The summed E-state index contributed by atoms with van der Waals surface area (Å²) in [6, 6.07) is 12.4. The van der Waals surface area contributed by atoms with E-state index in [1.165, 1.54) is 31.0 Å². The number of nitrogens with zero attached hydrogens (tertiary/aromatic N) is 4. The van der Waals surface area contributed by atoms with Crippen LogP contribution in [0.5, 0.6) is 0 Å². The second-order valence-corrected chi connectivity index (χ2v) is 10.6. The van der Waals surface area contributed by atoms with Gasteiger partial charge in [0, 0.05) is 39.3 Å². The third kappa shape index (κ3) is 5.30. The van der Waals surface area contributed by atoms with Crippen molar-refractivity contribution in [2.75, 3.05) is 37.8 Å². The van der Waals surface area contributed by atoms with Crippen molar-refractivity contribution < 1.29 is 4.79 Å². The molecule has 1 fully saturated rings. The highest BCUT2D eigenvalue weighted by Gasteiger charge is 2.33. The number of piperidine rings is 1. The fraction of sp³-hybridized carbons (Fsp3) is 0.435. The first kappa shape index (κ1) is 22.3. The summed E-state index contributed by atoms with van der Waals surface area (Å²) in [5.41, 5.74) is 3.23. The number of rotatable bonds is 5. The molecule has 0 aliphatic carbocycles. The Labute approximate surface area is 198 Å². The zero-order chi connectivity index (χ0) is 21.8. The minimum absolute atomic E-state index is 0.0117. The molecule has 0 bridgehead atoms. The Morgan fingerprint density at radius 2 is 1.94 bits per heavy atom. The SMILES string of the molecule is CN(C)c1ccc([C@H]2CC(c3cccs3)=NN2C(=O)CSC(=S)N2CCCCC2)cc1. The van der Waals surface area contributed by atoms with Gasteiger partial charge in [0.15, 0.2) is 0 Å². The molecule has 0 N–H and O–H groups in total. The summed E-state index contributed by atoms with van der Waals surface area (Å²) < 4.78 is 0.835. The van der Waals surface area contributed by atoms with Crippen LogP contribution in [0.25, 0.3) is 0 Å². The molecule has 0 saturated carbocycles. The quantitative estimate of drug-likeness (QED) is 0.573. The molecule has 1 aromatic heterocycles. The van der Waals surface area contributed by atoms with Crippen LogP contribution >= 0.6 is 35.3 Å². The lowest BCUT2D eigenvalue weighted by molar-refractivity contribution is -0.130. The predicted molar refractivity (Wildman–Crippen MR) is 136 cm³/mol. The largest absolute Gasteiger partial charge is 0.378 e. The van der Waals surface area contributed by atoms with E-state index in [1.807, 2.05) is 20.2 Å². The minimum atomic E-state index is -0.0787. The zero-order valence-electron chi connectivity index (χ0n) is 18.0. The maximum Gasteiger partial charge on any atom is 0.253 e. The zero-order valence-corrected chi connectivity index (χ0v) is 20.4. The second kappa shape index (κ2) is 10.1. The Morgan fingerprint density at radius 1 is 1.19 bits per heavy atom. The first-order valence-corrected chi connectivity index (χ1v) is 12.9. The maximum absolute atomic E-state index is 13.2. The molecule has 4 rings (SSSR count). The highest BCUT2D eigenvalue weighted by Crippen LogP contribution is 2.35. The summed E-state index contributed by atoms with van der Waals surface area (Å²) in [5, 5.41) is 8.50. The van der Waals surface area contributed by atoms with Gasteiger partial charge >= 0.3 is 0 Å². The van der Waals surface area contributed by atoms with Gasteiger partial charge in [-0.3, -0.25) is 4.79 Å². The van der Waals surface area contributed by atoms with Crippen molar-refractivity contribution in [3.8, 4) is 0 Å². The molecule has 0 spiro atoms. The molecule has 2 aliphatic rings. The van der Waals surface area contributed by atoms with E-state index in [9.17, 15) is 4.79 Å². The number of carbonyl (C=O) groups is 1. The third-order valence-corrected chi connectivity index (χ3v) is 8.13. The predicted octanol–water partition coefficient (Wildman–Crippen LogP) is 5.00. The van der Waals surface area contributed by atoms with E-state index in [4.69, 9.17) is 17.3 Å². The molecule has 1 saturated heterocycles. The third-order valence-electron chi connectivity index (χ3n) is 5.70. The highest BCUT2D eigenvalue weighted by atomic mass is 32.2. The molecule has 0 unspecified atom stereocenters. The molecule has 0 radical (unpaired) electrons. The van der Waals surface area contributed by atoms with Crippen LogP contribution in [-0.2, 0) is 4.79 Å². The van der Waals surface area contributed by atoms with E-state index in [-0.39, 0.29) is 11.9 Å². The number of thiophene rings is 1. The molecule has 1 amide bonds. The van der Waals surface area contributed by atoms with Gasteiger partial charge < -0.3 is 9.80 Å². The first-order chi connectivity index (χ1) is 15.0. The summed E-state index contributed by atoms with van der Waals surface area (Å²) in [7, 11) is 4.06. The van der Waals surface area contributed by atoms with Crippen molar-refractivity contribution in [1.29, 1.82) is 0 Å². The minimum Gasteiger partial charge on any atom is -0.378 e. The van der Waals surface area contributed by atoms with E-state index >= 15 is 0 Å². The van der Waals surface area contributed by atoms with E-state index in [2.05, 4.69) is 45.5 Å². The Bertz CT molecular complexity index is 934. The van der Waals surface area contributed by atoms with Crippen molar-refractivity contribution in [2.24, 2.45) is 5.10 Å². The van der Waals surface area contributed by atoms with Crippen molar-refractivity contribution in [1.82, 2.24) is 9.91 Å². The number of hydrogen-bond donors (Lipinski definition) is 0. The number of thiocarbonyl (C=S) groups is 1. The van der Waals surface area contributed by atoms with Gasteiger partial charge in [-0.15, -0.1) is 11.3 Å². The number of anilines is 1. The molecule has 8 heteroatoms. The van der Waals surface area contributed by atoms with Crippen LogP contribution in [0.2, 0.25) is 0 Å². The monoisotopic (exact) mass is 472 g/mol. The number of benzene rings is 1. The van der Waals surface area contributed by atoms with E-state index < -0.39 is 0 Å². The number of carbonyl (C=O) groups excluding carboxylic acids is 1. The van der Waals surface area contributed by atoms with Crippen molar-refractivity contribution in [2.45, 2.75) is 31.7 Å². The van der Waals surface area contributed by atoms with Crippen molar-refractivity contribution >= 4 is 56.9 Å². The molecule has 1 aromatic carbocycles. The fourth-order valence-electron chi connectivity index (χ4n) is 3.94. The molecular formula is C23H28N4OS3. The number of amides is 1. The summed E-state index contributed by atoms with van der Waals surface area (Å²) in [5.74, 6) is 0.334. The smallest absolute Gasteiger partial charge is 0.253 e. The van der Waals surface area contributed by atoms with Crippen molar-refractivity contribution in [3.05, 3.63) is 52.2 Å². The van der Waals surface area contributed by atoms with Gasteiger partial charge in [0.2, 0.25) is 0 Å². The average molecular weight is 473 g/mol. The topological polar surface area (TPSA) is 39.1 Å². The van der Waals surface area contributed by atoms with Crippen LogP contribution in [0.1, 0.15) is 42.2 Å². The molecule has 2 aromatic rings. The molecule has 2 aliphatic heterocycles. The van der Waals surface area contributed by atoms with Gasteiger partial charge in [-0.05, 0) is 48.4 Å². The van der Waals surface area contributed by atoms with Crippen LogP contribution in [-0.4, -0.2) is 58.8 Å². The Kier molecular flexibility index (Phi) is 7.30. The standard InChI is InChI=1S/C23H28N4OS3/c1-25(2)18-10-8-17(9-11-18)20-15-19(21-7-6-14-30-21)24-27(20)22(28)16-31-23(29)26-12-4-3-5-13-26/h6-11,14,20H,3-5,12-13,15-16H2,1-2H3/t20-/m1/s1. The fourth-order valence-corrected chi connectivity index (χ4v) is 5.77. The van der Waals surface area contributed by atoms with E-state index in [0.29, 0.717) is 5.75 Å². The Morgan fingerprint density at radius 3 is 2.58 bits per heavy atom. The Balaban J connectivity index is 1.49. The van der Waals surface area contributed by atoms with E-state index in [1.54, 1.807) is 16.3 Å². The first-order valence-electron chi connectivity index (χ1n) is 10.7. The van der Waals surface area contributed by atoms with E-state index in [0.717, 1.165) is 45.7 Å². The highest BCUT2D eigenvalue weighted by molar-refractivity contribution is 8.23. The van der Waals surface area contributed by atoms with Gasteiger partial charge in [-0.1, -0.05) is 42.2 Å². The molecular weight excluding hydrogens is 444 g/mol. The Hall–Kier alpha value is -1.90. The summed E-state index contributed by atoms with van der Waals surface area (Å²) in [6.07, 6.45) is 4.36. The molecule has 31 heavy (non-hydrogen) atoms. The van der Waals surface area contributed by atoms with Crippen LogP contribution < -0.4 is 4.90 Å². The summed E-state index contributed by atoms with van der Waals surface area (Å²) in [4.78, 5) is 18.7. The van der Waals surface area contributed by atoms with Crippen LogP contribution in [0, 0.1) is 0 Å². The van der Waals surface area contributed by atoms with Crippen LogP contribution in [0.15, 0.2) is 46.9 Å². The van der Waals surface area contributed by atoms with Crippen LogP contribution in [0.3, 0.4) is 0 Å².